The number of anilines is 2. The summed E-state index contributed by atoms with van der Waals surface area (Å²) in [5.41, 5.74) is -0.973. The maximum Gasteiger partial charge on any atom is 0.271 e. The lowest BCUT2D eigenvalue weighted by atomic mass is 9.95. The fraction of sp³-hybridized carbons (Fsp3) is 0.250. The first-order chi connectivity index (χ1) is 13.4. The maximum absolute atomic E-state index is 13.5. The molecule has 2 heterocycles. The molecule has 4 rings (SSSR count). The molecular weight excluding hydrogens is 368 g/mol. The van der Waals surface area contributed by atoms with Crippen LogP contribution in [0, 0.1) is 11.6 Å². The van der Waals surface area contributed by atoms with Crippen molar-refractivity contribution in [2.45, 2.75) is 25.4 Å². The van der Waals surface area contributed by atoms with Gasteiger partial charge in [0.05, 0.1) is 11.3 Å². The van der Waals surface area contributed by atoms with Gasteiger partial charge in [-0.1, -0.05) is 12.1 Å². The topological polar surface area (TPSA) is 69.7 Å². The van der Waals surface area contributed by atoms with Crippen LogP contribution >= 0.6 is 0 Å². The van der Waals surface area contributed by atoms with Crippen molar-refractivity contribution < 1.29 is 23.2 Å². The number of rotatable bonds is 3. The highest BCUT2D eigenvalue weighted by atomic mass is 19.1. The molecule has 0 radical (unpaired) electrons. The Morgan fingerprint density at radius 3 is 2.50 bits per heavy atom. The highest BCUT2D eigenvalue weighted by Crippen LogP contribution is 2.44. The van der Waals surface area contributed by atoms with Gasteiger partial charge in [0, 0.05) is 31.1 Å². The number of carbonyl (C=O) groups excluding carboxylic acids is 3. The molecule has 6 nitrogen and oxygen atoms in total. The Labute approximate surface area is 159 Å². The van der Waals surface area contributed by atoms with Gasteiger partial charge in [0.25, 0.3) is 11.8 Å². The number of amides is 3. The molecule has 8 heteroatoms. The molecule has 0 saturated carbocycles. The van der Waals surface area contributed by atoms with Crippen molar-refractivity contribution in [1.29, 1.82) is 0 Å². The van der Waals surface area contributed by atoms with Crippen LogP contribution in [0.5, 0.6) is 0 Å². The van der Waals surface area contributed by atoms with E-state index in [1.54, 1.807) is 31.2 Å². The minimum atomic E-state index is -1.58. The molecule has 28 heavy (non-hydrogen) atoms. The van der Waals surface area contributed by atoms with Gasteiger partial charge < -0.3 is 10.2 Å². The van der Waals surface area contributed by atoms with E-state index in [0.717, 1.165) is 12.1 Å². The zero-order chi connectivity index (χ0) is 20.1. The van der Waals surface area contributed by atoms with Crippen LogP contribution in [0.25, 0.3) is 0 Å². The van der Waals surface area contributed by atoms with E-state index in [4.69, 9.17) is 0 Å². The highest BCUT2D eigenvalue weighted by molar-refractivity contribution is 6.18. The van der Waals surface area contributed by atoms with Crippen molar-refractivity contribution in [2.75, 3.05) is 16.8 Å². The lowest BCUT2D eigenvalue weighted by molar-refractivity contribution is -0.128. The van der Waals surface area contributed by atoms with Crippen LogP contribution in [-0.2, 0) is 9.59 Å². The van der Waals surface area contributed by atoms with Crippen molar-refractivity contribution in [2.24, 2.45) is 0 Å². The summed E-state index contributed by atoms with van der Waals surface area (Å²) in [6, 6.07) is 9.25. The molecule has 1 fully saturated rings. The summed E-state index contributed by atoms with van der Waals surface area (Å²) in [5.74, 6) is -3.04. The van der Waals surface area contributed by atoms with Crippen molar-refractivity contribution in [3.05, 3.63) is 59.7 Å². The number of hydrogen-bond acceptors (Lipinski definition) is 3. The first-order valence-corrected chi connectivity index (χ1v) is 8.90. The molecule has 0 unspecified atom stereocenters. The van der Waals surface area contributed by atoms with E-state index in [9.17, 15) is 23.2 Å². The molecule has 0 spiro atoms. The third kappa shape index (κ3) is 2.48. The van der Waals surface area contributed by atoms with Gasteiger partial charge in [0.15, 0.2) is 0 Å². The van der Waals surface area contributed by atoms with Gasteiger partial charge in [-0.15, -0.1) is 0 Å². The van der Waals surface area contributed by atoms with Crippen molar-refractivity contribution in [3.63, 3.8) is 0 Å². The number of fused-ring (bicyclic) bond motifs is 3. The summed E-state index contributed by atoms with van der Waals surface area (Å²) in [7, 11) is 0. The molecule has 1 saturated heterocycles. The SMILES string of the molecule is CCN1C(=O)c2ccccc2N2C(=O)CC[C@]12C(=O)Nc1cc(F)cc(F)c1. The first-order valence-electron chi connectivity index (χ1n) is 8.90. The number of benzene rings is 2. The number of halogens is 2. The van der Waals surface area contributed by atoms with E-state index in [1.807, 2.05) is 0 Å². The van der Waals surface area contributed by atoms with Crippen LogP contribution < -0.4 is 10.2 Å². The third-order valence-electron chi connectivity index (χ3n) is 5.17. The van der Waals surface area contributed by atoms with Crippen LogP contribution in [0.2, 0.25) is 0 Å². The summed E-state index contributed by atoms with van der Waals surface area (Å²) in [6.45, 7) is 1.89. The summed E-state index contributed by atoms with van der Waals surface area (Å²) >= 11 is 0. The first kappa shape index (κ1) is 18.1. The van der Waals surface area contributed by atoms with E-state index in [-0.39, 0.29) is 36.9 Å². The number of likely N-dealkylation sites (N-methyl/N-ethyl adjacent to an activating group) is 1. The lowest BCUT2D eigenvalue weighted by Crippen LogP contribution is -2.69. The van der Waals surface area contributed by atoms with Crippen molar-refractivity contribution in [3.8, 4) is 0 Å². The Hall–Kier alpha value is -3.29. The Balaban J connectivity index is 1.83. The molecule has 2 aliphatic heterocycles. The lowest BCUT2D eigenvalue weighted by Gasteiger charge is -2.48. The van der Waals surface area contributed by atoms with Crippen LogP contribution in [0.3, 0.4) is 0 Å². The zero-order valence-corrected chi connectivity index (χ0v) is 15.0. The number of para-hydroxylation sites is 1. The van der Waals surface area contributed by atoms with Crippen molar-refractivity contribution >= 4 is 29.1 Å². The van der Waals surface area contributed by atoms with Gasteiger partial charge in [-0.05, 0) is 31.2 Å². The summed E-state index contributed by atoms with van der Waals surface area (Å²) in [4.78, 5) is 41.7. The molecule has 2 aromatic carbocycles. The second-order valence-corrected chi connectivity index (χ2v) is 6.72. The minimum Gasteiger partial charge on any atom is -0.322 e. The molecular formula is C20H17F2N3O3. The molecule has 1 N–H and O–H groups in total. The Bertz CT molecular complexity index is 990. The summed E-state index contributed by atoms with van der Waals surface area (Å²) in [6.07, 6.45) is 0.159. The van der Waals surface area contributed by atoms with E-state index < -0.39 is 23.2 Å². The van der Waals surface area contributed by atoms with E-state index in [0.29, 0.717) is 17.3 Å². The number of hydrogen-bond donors (Lipinski definition) is 1. The van der Waals surface area contributed by atoms with Crippen LogP contribution in [0.15, 0.2) is 42.5 Å². The maximum atomic E-state index is 13.5. The second-order valence-electron chi connectivity index (χ2n) is 6.72. The highest BCUT2D eigenvalue weighted by Gasteiger charge is 2.60. The number of nitrogens with one attached hydrogen (secondary N) is 1. The molecule has 0 aliphatic carbocycles. The molecule has 2 aromatic rings. The largest absolute Gasteiger partial charge is 0.322 e. The van der Waals surface area contributed by atoms with Gasteiger partial charge in [0.2, 0.25) is 11.6 Å². The van der Waals surface area contributed by atoms with Gasteiger partial charge in [-0.3, -0.25) is 19.3 Å². The monoisotopic (exact) mass is 385 g/mol. The number of carbonyl (C=O) groups is 3. The Morgan fingerprint density at radius 1 is 1.14 bits per heavy atom. The van der Waals surface area contributed by atoms with Gasteiger partial charge >= 0.3 is 0 Å². The summed E-state index contributed by atoms with van der Waals surface area (Å²) < 4.78 is 27.1. The van der Waals surface area contributed by atoms with Gasteiger partial charge in [-0.2, -0.15) is 0 Å². The summed E-state index contributed by atoms with van der Waals surface area (Å²) in [5, 5.41) is 2.48. The zero-order valence-electron chi connectivity index (χ0n) is 15.0. The van der Waals surface area contributed by atoms with E-state index in [1.165, 1.54) is 9.80 Å². The Kier molecular flexibility index (Phi) is 4.14. The average molecular weight is 385 g/mol. The molecule has 144 valence electrons. The minimum absolute atomic E-state index is 0.0725. The fourth-order valence-corrected chi connectivity index (χ4v) is 4.06. The van der Waals surface area contributed by atoms with Crippen LogP contribution in [0.4, 0.5) is 20.2 Å². The normalized spacial score (nSPS) is 20.8. The average Bonchev–Trinajstić information content (AvgIpc) is 3.00. The van der Waals surface area contributed by atoms with Crippen molar-refractivity contribution in [1.82, 2.24) is 4.90 Å². The predicted molar refractivity (Wildman–Crippen MR) is 97.6 cm³/mol. The van der Waals surface area contributed by atoms with Crippen LogP contribution in [0.1, 0.15) is 30.1 Å². The smallest absolute Gasteiger partial charge is 0.271 e. The molecule has 2 aliphatic rings. The van der Waals surface area contributed by atoms with E-state index in [2.05, 4.69) is 5.32 Å². The van der Waals surface area contributed by atoms with Gasteiger partial charge in [-0.25, -0.2) is 8.78 Å². The fourth-order valence-electron chi connectivity index (χ4n) is 4.06. The predicted octanol–water partition coefficient (Wildman–Crippen LogP) is 2.90. The molecule has 0 bridgehead atoms. The quantitative estimate of drug-likeness (QED) is 0.883. The standard InChI is InChI=1S/C20H17F2N3O3/c1-2-24-18(27)15-5-3-4-6-16(15)25-17(26)7-8-20(24,25)19(28)23-14-10-12(21)9-13(22)11-14/h3-6,9-11H,2,7-8H2,1H3,(H,23,28)/t20-/m0/s1. The second kappa shape index (κ2) is 6.40. The van der Waals surface area contributed by atoms with E-state index >= 15 is 0 Å². The van der Waals surface area contributed by atoms with Gasteiger partial charge in [0.1, 0.15) is 11.6 Å². The molecule has 0 aromatic heterocycles. The molecule has 1 atom stereocenters. The third-order valence-corrected chi connectivity index (χ3v) is 5.17. The molecule has 3 amide bonds. The Morgan fingerprint density at radius 2 is 1.82 bits per heavy atom. The van der Waals surface area contributed by atoms with Crippen LogP contribution in [-0.4, -0.2) is 34.8 Å². The number of nitrogens with zero attached hydrogens (tertiary/aromatic N) is 2.